The van der Waals surface area contributed by atoms with E-state index in [0.717, 1.165) is 35.0 Å². The van der Waals surface area contributed by atoms with Gasteiger partial charge in [-0.2, -0.15) is 0 Å². The number of thiazole rings is 1. The Morgan fingerprint density at radius 3 is 2.57 bits per heavy atom. The van der Waals surface area contributed by atoms with Gasteiger partial charge in [0.25, 0.3) is 5.91 Å². The summed E-state index contributed by atoms with van der Waals surface area (Å²) in [5.41, 5.74) is 2.67. The number of fused-ring (bicyclic) bond motifs is 1. The molecule has 0 unspecified atom stereocenters. The Morgan fingerprint density at radius 1 is 1.11 bits per heavy atom. The molecule has 0 radical (unpaired) electrons. The van der Waals surface area contributed by atoms with Crippen LogP contribution < -0.4 is 9.64 Å². The number of para-hydroxylation sites is 1. The van der Waals surface area contributed by atoms with Crippen LogP contribution in [0.15, 0.2) is 42.5 Å². The van der Waals surface area contributed by atoms with Crippen LogP contribution in [0, 0.1) is 6.92 Å². The highest BCUT2D eigenvalue weighted by Gasteiger charge is 2.24. The summed E-state index contributed by atoms with van der Waals surface area (Å²) in [6.07, 6.45) is 0. The molecule has 0 atom stereocenters. The first-order valence-corrected chi connectivity index (χ1v) is 10.4. The summed E-state index contributed by atoms with van der Waals surface area (Å²) >= 11 is 1.56. The van der Waals surface area contributed by atoms with E-state index in [0.29, 0.717) is 17.9 Å². The van der Waals surface area contributed by atoms with Gasteiger partial charge in [0.15, 0.2) is 5.13 Å². The van der Waals surface area contributed by atoms with E-state index in [4.69, 9.17) is 9.72 Å². The smallest absolute Gasteiger partial charge is 0.263 e. The van der Waals surface area contributed by atoms with E-state index in [-0.39, 0.29) is 5.91 Å². The average molecular weight is 398 g/mol. The number of rotatable bonds is 8. The van der Waals surface area contributed by atoms with Crippen molar-refractivity contribution in [1.29, 1.82) is 0 Å². The number of benzene rings is 2. The molecule has 1 heterocycles. The molecule has 1 amide bonds. The minimum Gasteiger partial charge on any atom is -0.496 e. The maximum atomic E-state index is 13.5. The number of amides is 1. The van der Waals surface area contributed by atoms with E-state index in [1.807, 2.05) is 36.4 Å². The molecule has 0 spiro atoms. The SMILES string of the molecule is CCN(CC)CCN(C(=O)c1ccccc1OC)c1nc2ccc(C)cc2s1. The third-order valence-electron chi connectivity index (χ3n) is 4.88. The zero-order chi connectivity index (χ0) is 20.1. The summed E-state index contributed by atoms with van der Waals surface area (Å²) in [7, 11) is 1.59. The van der Waals surface area contributed by atoms with Gasteiger partial charge in [-0.1, -0.05) is 43.4 Å². The zero-order valence-corrected chi connectivity index (χ0v) is 17.8. The van der Waals surface area contributed by atoms with Gasteiger partial charge in [-0.05, 0) is 49.8 Å². The maximum absolute atomic E-state index is 13.5. The second kappa shape index (κ2) is 9.17. The molecule has 0 N–H and O–H groups in total. The minimum atomic E-state index is -0.0830. The van der Waals surface area contributed by atoms with Crippen LogP contribution in [0.3, 0.4) is 0 Å². The highest BCUT2D eigenvalue weighted by atomic mass is 32.1. The topological polar surface area (TPSA) is 45.7 Å². The maximum Gasteiger partial charge on any atom is 0.263 e. The molecule has 1 aromatic heterocycles. The van der Waals surface area contributed by atoms with Crippen LogP contribution >= 0.6 is 11.3 Å². The van der Waals surface area contributed by atoms with Gasteiger partial charge >= 0.3 is 0 Å². The van der Waals surface area contributed by atoms with Gasteiger partial charge in [0.1, 0.15) is 5.75 Å². The number of hydrogen-bond acceptors (Lipinski definition) is 5. The first-order chi connectivity index (χ1) is 13.6. The Morgan fingerprint density at radius 2 is 1.86 bits per heavy atom. The molecule has 2 aromatic carbocycles. The van der Waals surface area contributed by atoms with Gasteiger partial charge < -0.3 is 9.64 Å². The second-order valence-corrected chi connectivity index (χ2v) is 7.66. The standard InChI is InChI=1S/C22H27N3O2S/c1-5-24(6-2)13-14-25(21(26)17-9-7-8-10-19(17)27-4)22-23-18-12-11-16(3)15-20(18)28-22/h7-12,15H,5-6,13-14H2,1-4H3. The summed E-state index contributed by atoms with van der Waals surface area (Å²) in [4.78, 5) is 22.3. The number of ether oxygens (including phenoxy) is 1. The fourth-order valence-corrected chi connectivity index (χ4v) is 4.26. The lowest BCUT2D eigenvalue weighted by atomic mass is 10.1. The van der Waals surface area contributed by atoms with Crippen molar-refractivity contribution in [2.24, 2.45) is 0 Å². The highest BCUT2D eigenvalue weighted by molar-refractivity contribution is 7.22. The average Bonchev–Trinajstić information content (AvgIpc) is 3.13. The van der Waals surface area contributed by atoms with Crippen molar-refractivity contribution >= 4 is 32.6 Å². The molecule has 0 saturated carbocycles. The van der Waals surface area contributed by atoms with Crippen molar-refractivity contribution in [1.82, 2.24) is 9.88 Å². The lowest BCUT2D eigenvalue weighted by Gasteiger charge is -2.25. The normalized spacial score (nSPS) is 11.2. The molecule has 5 nitrogen and oxygen atoms in total. The Labute approximate surface area is 170 Å². The summed E-state index contributed by atoms with van der Waals surface area (Å²) < 4.78 is 6.51. The fraction of sp³-hybridized carbons (Fsp3) is 0.364. The number of hydrogen-bond donors (Lipinski definition) is 0. The van der Waals surface area contributed by atoms with E-state index < -0.39 is 0 Å². The number of nitrogens with zero attached hydrogens (tertiary/aromatic N) is 3. The molecule has 3 rings (SSSR count). The predicted octanol–water partition coefficient (Wildman–Crippen LogP) is 4.60. The van der Waals surface area contributed by atoms with Crippen molar-refractivity contribution in [2.45, 2.75) is 20.8 Å². The van der Waals surface area contributed by atoms with Crippen LogP contribution in [-0.4, -0.2) is 49.1 Å². The molecule has 0 aliphatic carbocycles. The lowest BCUT2D eigenvalue weighted by molar-refractivity contribution is 0.0981. The number of aromatic nitrogens is 1. The van der Waals surface area contributed by atoms with Gasteiger partial charge in [-0.15, -0.1) is 0 Å². The molecule has 0 aliphatic heterocycles. The Kier molecular flexibility index (Phi) is 6.65. The lowest BCUT2D eigenvalue weighted by Crippen LogP contribution is -2.39. The fourth-order valence-electron chi connectivity index (χ4n) is 3.17. The molecule has 28 heavy (non-hydrogen) atoms. The van der Waals surface area contributed by atoms with Gasteiger partial charge in [-0.25, -0.2) is 4.98 Å². The molecular formula is C22H27N3O2S. The van der Waals surface area contributed by atoms with E-state index >= 15 is 0 Å². The van der Waals surface area contributed by atoms with Gasteiger partial charge in [-0.3, -0.25) is 9.69 Å². The third-order valence-corrected chi connectivity index (χ3v) is 5.92. The van der Waals surface area contributed by atoms with E-state index in [9.17, 15) is 4.79 Å². The van der Waals surface area contributed by atoms with Gasteiger partial charge in [0, 0.05) is 13.1 Å². The van der Waals surface area contributed by atoms with Crippen molar-refractivity contribution in [3.63, 3.8) is 0 Å². The summed E-state index contributed by atoms with van der Waals surface area (Å²) in [5, 5.41) is 0.726. The number of carbonyl (C=O) groups is 1. The molecule has 0 saturated heterocycles. The molecule has 0 aliphatic rings. The van der Waals surface area contributed by atoms with Crippen LogP contribution in [0.1, 0.15) is 29.8 Å². The number of aryl methyl sites for hydroxylation is 1. The quantitative estimate of drug-likeness (QED) is 0.557. The highest BCUT2D eigenvalue weighted by Crippen LogP contribution is 2.31. The first kappa shape index (κ1) is 20.3. The van der Waals surface area contributed by atoms with Crippen LogP contribution in [0.2, 0.25) is 0 Å². The molecule has 0 bridgehead atoms. The molecule has 6 heteroatoms. The molecule has 148 valence electrons. The largest absolute Gasteiger partial charge is 0.496 e. The van der Waals surface area contributed by atoms with E-state index in [1.165, 1.54) is 5.56 Å². The minimum absolute atomic E-state index is 0.0830. The third kappa shape index (κ3) is 4.34. The second-order valence-electron chi connectivity index (χ2n) is 6.65. The Balaban J connectivity index is 1.99. The van der Waals surface area contributed by atoms with Crippen LogP contribution in [0.5, 0.6) is 5.75 Å². The van der Waals surface area contributed by atoms with Crippen LogP contribution in [0.25, 0.3) is 10.2 Å². The molecule has 3 aromatic rings. The van der Waals surface area contributed by atoms with Crippen molar-refractivity contribution in [3.05, 3.63) is 53.6 Å². The van der Waals surface area contributed by atoms with Gasteiger partial charge in [0.05, 0.1) is 22.9 Å². The number of carbonyl (C=O) groups excluding carboxylic acids is 1. The number of methoxy groups -OCH3 is 1. The molecular weight excluding hydrogens is 370 g/mol. The molecule has 0 fully saturated rings. The Hall–Kier alpha value is -2.44. The van der Waals surface area contributed by atoms with Crippen molar-refractivity contribution < 1.29 is 9.53 Å². The summed E-state index contributed by atoms with van der Waals surface area (Å²) in [6.45, 7) is 9.61. The summed E-state index contributed by atoms with van der Waals surface area (Å²) in [5.74, 6) is 0.498. The summed E-state index contributed by atoms with van der Waals surface area (Å²) in [6, 6.07) is 13.5. The zero-order valence-electron chi connectivity index (χ0n) is 16.9. The van der Waals surface area contributed by atoms with Crippen LogP contribution in [0.4, 0.5) is 5.13 Å². The van der Waals surface area contributed by atoms with Crippen LogP contribution in [-0.2, 0) is 0 Å². The van der Waals surface area contributed by atoms with Crippen molar-refractivity contribution in [3.8, 4) is 5.75 Å². The predicted molar refractivity (Wildman–Crippen MR) is 117 cm³/mol. The monoisotopic (exact) mass is 397 g/mol. The van der Waals surface area contributed by atoms with Gasteiger partial charge in [0.2, 0.25) is 0 Å². The number of likely N-dealkylation sites (N-methyl/N-ethyl adjacent to an activating group) is 1. The van der Waals surface area contributed by atoms with E-state index in [1.54, 1.807) is 23.3 Å². The number of anilines is 1. The van der Waals surface area contributed by atoms with Crippen molar-refractivity contribution in [2.75, 3.05) is 38.2 Å². The first-order valence-electron chi connectivity index (χ1n) is 9.61. The Bertz CT molecular complexity index is 950. The van der Waals surface area contributed by atoms with E-state index in [2.05, 4.69) is 31.7 Å².